The average Bonchev–Trinajstić information content (AvgIpc) is 3.71. The summed E-state index contributed by atoms with van der Waals surface area (Å²) in [5.74, 6) is 0. The van der Waals surface area contributed by atoms with E-state index in [1.165, 1.54) is 22.3 Å². The largest absolute Gasteiger partial charge is 0.455 e. The van der Waals surface area contributed by atoms with Crippen LogP contribution in [-0.4, -0.2) is 0 Å². The predicted molar refractivity (Wildman–Crippen MR) is 214 cm³/mol. The summed E-state index contributed by atoms with van der Waals surface area (Å²) in [7, 11) is 0. The van der Waals surface area contributed by atoms with Crippen LogP contribution in [0.2, 0.25) is 0 Å². The summed E-state index contributed by atoms with van der Waals surface area (Å²) >= 11 is 0. The standard InChI is InChI=1S/C49H35NO/c1-49(2)45-20-12-11-18-39(45)40-28-26-37(30-46(40)49)50(35-15-7-4-8-16-35)36-24-21-33(22-25-36)43-31-44-41-27-23-34(32-13-5-3-6-14-32)29-47(41)51-48(44)42-19-10-9-17-38(42)43/h3-31H,1-2H3/i3D,5D,6D,13D,14D. The number of anilines is 3. The van der Waals surface area contributed by atoms with Crippen LogP contribution >= 0.6 is 0 Å². The van der Waals surface area contributed by atoms with Crippen molar-refractivity contribution in [2.24, 2.45) is 0 Å². The first-order valence-corrected chi connectivity index (χ1v) is 17.3. The van der Waals surface area contributed by atoms with Gasteiger partial charge in [0.05, 0.1) is 6.85 Å². The Hall–Kier alpha value is -6.38. The SMILES string of the molecule is [2H]c1c([2H])c([2H])c(-c2ccc3c(c2)oc2c4ccccc4c(-c4ccc(N(c5ccccc5)c5ccc6c(c5)C(C)(C)c5ccccc5-6)cc4)cc32)c([2H])c1[2H]. The number of benzene rings is 8. The van der Waals surface area contributed by atoms with Crippen molar-refractivity contribution in [1.82, 2.24) is 0 Å². The number of nitrogens with zero attached hydrogens (tertiary/aromatic N) is 1. The zero-order chi connectivity index (χ0) is 38.5. The van der Waals surface area contributed by atoms with Gasteiger partial charge in [-0.25, -0.2) is 0 Å². The minimum absolute atomic E-state index is 0.118. The van der Waals surface area contributed by atoms with Crippen molar-refractivity contribution in [3.8, 4) is 33.4 Å². The highest BCUT2D eigenvalue weighted by Gasteiger charge is 2.35. The maximum atomic E-state index is 8.52. The molecule has 0 fully saturated rings. The van der Waals surface area contributed by atoms with E-state index in [1.54, 1.807) is 6.07 Å². The van der Waals surface area contributed by atoms with E-state index in [9.17, 15) is 0 Å². The van der Waals surface area contributed by atoms with Crippen molar-refractivity contribution in [3.05, 3.63) is 187 Å². The highest BCUT2D eigenvalue weighted by molar-refractivity contribution is 6.19. The number of hydrogen-bond donors (Lipinski definition) is 0. The molecule has 0 unspecified atom stereocenters. The Labute approximate surface area is 304 Å². The fourth-order valence-corrected chi connectivity index (χ4v) is 8.03. The summed E-state index contributed by atoms with van der Waals surface area (Å²) < 4.78 is 48.0. The molecule has 51 heavy (non-hydrogen) atoms. The van der Waals surface area contributed by atoms with E-state index in [-0.39, 0.29) is 35.1 Å². The minimum Gasteiger partial charge on any atom is -0.455 e. The molecule has 2 nitrogen and oxygen atoms in total. The molecule has 8 aromatic carbocycles. The summed E-state index contributed by atoms with van der Waals surface area (Å²) in [6, 6.07) is 49.1. The van der Waals surface area contributed by atoms with Crippen molar-refractivity contribution in [1.29, 1.82) is 0 Å². The Kier molecular flexibility index (Phi) is 5.49. The maximum Gasteiger partial charge on any atom is 0.143 e. The molecule has 0 aliphatic heterocycles. The first kappa shape index (κ1) is 24.7. The van der Waals surface area contributed by atoms with E-state index in [0.29, 0.717) is 11.1 Å². The van der Waals surface area contributed by atoms with E-state index in [1.807, 2.05) is 30.3 Å². The van der Waals surface area contributed by atoms with Gasteiger partial charge in [-0.3, -0.25) is 0 Å². The lowest BCUT2D eigenvalue weighted by Crippen LogP contribution is -2.16. The summed E-state index contributed by atoms with van der Waals surface area (Å²) in [6.45, 7) is 4.62. The summed E-state index contributed by atoms with van der Waals surface area (Å²) in [5.41, 5.74) is 12.5. The van der Waals surface area contributed by atoms with Gasteiger partial charge in [0.1, 0.15) is 11.2 Å². The zero-order valence-corrected chi connectivity index (χ0v) is 28.2. The first-order valence-electron chi connectivity index (χ1n) is 19.8. The van der Waals surface area contributed by atoms with Gasteiger partial charge in [0, 0.05) is 38.6 Å². The van der Waals surface area contributed by atoms with Gasteiger partial charge >= 0.3 is 0 Å². The summed E-state index contributed by atoms with van der Waals surface area (Å²) in [4.78, 5) is 2.32. The van der Waals surface area contributed by atoms with E-state index in [2.05, 4.69) is 128 Å². The molecule has 0 amide bonds. The number of hydrogen-bond acceptors (Lipinski definition) is 2. The van der Waals surface area contributed by atoms with Crippen LogP contribution < -0.4 is 4.90 Å². The Morgan fingerprint density at radius 3 is 1.96 bits per heavy atom. The monoisotopic (exact) mass is 658 g/mol. The maximum absolute atomic E-state index is 8.52. The van der Waals surface area contributed by atoms with Gasteiger partial charge < -0.3 is 9.32 Å². The molecule has 0 saturated carbocycles. The first-order chi connectivity index (χ1) is 27.1. The van der Waals surface area contributed by atoms with Crippen LogP contribution in [-0.2, 0) is 5.41 Å². The second kappa shape index (κ2) is 11.3. The third-order valence-corrected chi connectivity index (χ3v) is 10.5. The molecule has 0 atom stereocenters. The molecule has 0 bridgehead atoms. The van der Waals surface area contributed by atoms with E-state index < -0.39 is 6.04 Å². The fourth-order valence-electron chi connectivity index (χ4n) is 8.03. The Morgan fingerprint density at radius 2 is 1.14 bits per heavy atom. The number of furan rings is 1. The molecular formula is C49H35NO. The molecule has 1 aliphatic carbocycles. The molecule has 0 N–H and O–H groups in total. The van der Waals surface area contributed by atoms with Crippen LogP contribution in [0.25, 0.3) is 66.1 Å². The van der Waals surface area contributed by atoms with Gasteiger partial charge in [0.25, 0.3) is 0 Å². The smallest absolute Gasteiger partial charge is 0.143 e. The van der Waals surface area contributed by atoms with Gasteiger partial charge in [-0.2, -0.15) is 0 Å². The lowest BCUT2D eigenvalue weighted by atomic mass is 9.82. The molecule has 0 spiro atoms. The zero-order valence-electron chi connectivity index (χ0n) is 33.2. The number of rotatable bonds is 5. The second-order valence-electron chi connectivity index (χ2n) is 13.8. The minimum atomic E-state index is -0.410. The highest BCUT2D eigenvalue weighted by Crippen LogP contribution is 2.51. The molecule has 1 aliphatic rings. The van der Waals surface area contributed by atoms with Gasteiger partial charge in [0.2, 0.25) is 0 Å². The van der Waals surface area contributed by atoms with Crippen molar-refractivity contribution >= 4 is 49.8 Å². The van der Waals surface area contributed by atoms with Crippen molar-refractivity contribution in [3.63, 3.8) is 0 Å². The van der Waals surface area contributed by atoms with Crippen molar-refractivity contribution in [2.45, 2.75) is 19.3 Å². The fraction of sp³-hybridized carbons (Fsp3) is 0.0612. The molecule has 0 radical (unpaired) electrons. The Balaban J connectivity index is 1.09. The lowest BCUT2D eigenvalue weighted by Gasteiger charge is -2.28. The lowest BCUT2D eigenvalue weighted by molar-refractivity contribution is 0.660. The van der Waals surface area contributed by atoms with Crippen LogP contribution in [0.3, 0.4) is 0 Å². The van der Waals surface area contributed by atoms with Crippen LogP contribution in [0, 0.1) is 0 Å². The van der Waals surface area contributed by atoms with Gasteiger partial charge in [-0.05, 0) is 104 Å². The molecule has 0 saturated heterocycles. The van der Waals surface area contributed by atoms with Gasteiger partial charge in [-0.1, -0.05) is 135 Å². The topological polar surface area (TPSA) is 16.4 Å². The average molecular weight is 659 g/mol. The second-order valence-corrected chi connectivity index (χ2v) is 13.8. The van der Waals surface area contributed by atoms with Crippen molar-refractivity contribution in [2.75, 3.05) is 4.90 Å². The summed E-state index contributed by atoms with van der Waals surface area (Å²) in [6.07, 6.45) is 0. The van der Waals surface area contributed by atoms with Crippen molar-refractivity contribution < 1.29 is 11.3 Å². The molecule has 10 rings (SSSR count). The number of para-hydroxylation sites is 1. The molecule has 9 aromatic rings. The third-order valence-electron chi connectivity index (χ3n) is 10.5. The highest BCUT2D eigenvalue weighted by atomic mass is 16.3. The molecule has 1 aromatic heterocycles. The van der Waals surface area contributed by atoms with E-state index in [4.69, 9.17) is 11.3 Å². The van der Waals surface area contributed by atoms with Gasteiger partial charge in [0.15, 0.2) is 0 Å². The summed E-state index contributed by atoms with van der Waals surface area (Å²) in [5, 5.41) is 3.85. The van der Waals surface area contributed by atoms with Crippen LogP contribution in [0.4, 0.5) is 17.1 Å². The van der Waals surface area contributed by atoms with Crippen LogP contribution in [0.15, 0.2) is 180 Å². The van der Waals surface area contributed by atoms with E-state index >= 15 is 0 Å². The number of fused-ring (bicyclic) bond motifs is 8. The van der Waals surface area contributed by atoms with E-state index in [0.717, 1.165) is 55.3 Å². The molecule has 242 valence electrons. The van der Waals surface area contributed by atoms with Crippen LogP contribution in [0.1, 0.15) is 31.8 Å². The molecule has 2 heteroatoms. The quantitative estimate of drug-likeness (QED) is 0.183. The Morgan fingerprint density at radius 1 is 0.471 bits per heavy atom. The van der Waals surface area contributed by atoms with Crippen LogP contribution in [0.5, 0.6) is 0 Å². The predicted octanol–water partition coefficient (Wildman–Crippen LogP) is 13.8. The molecular weight excluding hydrogens is 619 g/mol. The third kappa shape index (κ3) is 4.64. The molecule has 1 heterocycles. The van der Waals surface area contributed by atoms with Gasteiger partial charge in [-0.15, -0.1) is 0 Å². The Bertz CT molecular complexity index is 3030. The normalized spacial score (nSPS) is 14.4.